The number of phenols is 1. The first-order chi connectivity index (χ1) is 20.3. The quantitative estimate of drug-likeness (QED) is 0.137. The summed E-state index contributed by atoms with van der Waals surface area (Å²) >= 11 is 0. The molecule has 0 saturated carbocycles. The molecule has 0 saturated heterocycles. The molecule has 7 heteroatoms. The number of hydrogen-bond acceptors (Lipinski definition) is 7. The number of para-hydroxylation sites is 1. The van der Waals surface area contributed by atoms with Crippen LogP contribution in [0.1, 0.15) is 32.6 Å². The largest absolute Gasteiger partial charge is 0.506 e. The van der Waals surface area contributed by atoms with Gasteiger partial charge < -0.3 is 19.3 Å². The Labute approximate surface area is 243 Å². The van der Waals surface area contributed by atoms with Crippen LogP contribution in [0.5, 0.6) is 11.5 Å². The van der Waals surface area contributed by atoms with Crippen molar-refractivity contribution < 1.29 is 33.7 Å². The zero-order chi connectivity index (χ0) is 29.9. The van der Waals surface area contributed by atoms with Gasteiger partial charge in [-0.15, -0.1) is 0 Å². The Morgan fingerprint density at radius 3 is 1.64 bits per heavy atom. The first kappa shape index (κ1) is 29.6. The maximum absolute atomic E-state index is 12.1. The van der Waals surface area contributed by atoms with Crippen molar-refractivity contribution in [3.63, 3.8) is 0 Å². The van der Waals surface area contributed by atoms with Gasteiger partial charge in [0, 0.05) is 5.39 Å². The van der Waals surface area contributed by atoms with Gasteiger partial charge in [-0.1, -0.05) is 108 Å². The fourth-order valence-corrected chi connectivity index (χ4v) is 3.85. The van der Waals surface area contributed by atoms with Gasteiger partial charge in [-0.25, -0.2) is 14.4 Å². The van der Waals surface area contributed by atoms with Crippen molar-refractivity contribution in [3.8, 4) is 11.5 Å². The van der Waals surface area contributed by atoms with Crippen molar-refractivity contribution in [2.75, 3.05) is 0 Å². The maximum atomic E-state index is 12.1. The zero-order valence-electron chi connectivity index (χ0n) is 23.3. The summed E-state index contributed by atoms with van der Waals surface area (Å²) in [6.45, 7) is 4.05. The van der Waals surface area contributed by atoms with E-state index in [-0.39, 0.29) is 24.5 Å². The number of benzene rings is 5. The number of carbonyl (C=O) groups excluding carboxylic acids is 3. The Hall–Kier alpha value is -5.43. The summed E-state index contributed by atoms with van der Waals surface area (Å²) in [6.07, 6.45) is 0. The van der Waals surface area contributed by atoms with E-state index in [1.807, 2.05) is 86.6 Å². The Kier molecular flexibility index (Phi) is 10.0. The van der Waals surface area contributed by atoms with Crippen LogP contribution in [0.4, 0.5) is 0 Å². The summed E-state index contributed by atoms with van der Waals surface area (Å²) in [5.41, 5.74) is 4.04. The topological polar surface area (TPSA) is 99.1 Å². The van der Waals surface area contributed by atoms with Gasteiger partial charge in [-0.3, -0.25) is 0 Å². The molecule has 0 aromatic heterocycles. The molecule has 42 heavy (non-hydrogen) atoms. The average molecular weight is 563 g/mol. The molecule has 0 amide bonds. The van der Waals surface area contributed by atoms with Crippen LogP contribution in [0.2, 0.25) is 0 Å². The van der Waals surface area contributed by atoms with Gasteiger partial charge in [0.15, 0.2) is 0 Å². The van der Waals surface area contributed by atoms with Crippen LogP contribution >= 0.6 is 0 Å². The molecule has 0 bridgehead atoms. The van der Waals surface area contributed by atoms with Crippen molar-refractivity contribution in [1.82, 2.24) is 0 Å². The molecule has 0 fully saturated rings. The van der Waals surface area contributed by atoms with Gasteiger partial charge in [0.2, 0.25) is 0 Å². The molecule has 0 aliphatic carbocycles. The predicted octanol–water partition coefficient (Wildman–Crippen LogP) is 6.85. The van der Waals surface area contributed by atoms with E-state index in [4.69, 9.17) is 14.2 Å². The summed E-state index contributed by atoms with van der Waals surface area (Å²) in [4.78, 5) is 35.2. The maximum Gasteiger partial charge on any atom is 0.417 e. The van der Waals surface area contributed by atoms with E-state index >= 15 is 0 Å². The van der Waals surface area contributed by atoms with Crippen molar-refractivity contribution in [1.29, 1.82) is 0 Å². The number of esters is 3. The number of carbonyl (C=O) groups is 3. The minimum absolute atomic E-state index is 0.0518. The van der Waals surface area contributed by atoms with Crippen LogP contribution in [-0.4, -0.2) is 23.0 Å². The monoisotopic (exact) mass is 562 g/mol. The van der Waals surface area contributed by atoms with Crippen molar-refractivity contribution in [3.05, 3.63) is 143 Å². The third kappa shape index (κ3) is 8.29. The number of phenolic OH excluding ortho intramolecular Hbond substituents is 1. The predicted molar refractivity (Wildman–Crippen MR) is 159 cm³/mol. The lowest BCUT2D eigenvalue weighted by Crippen LogP contribution is -2.20. The normalized spacial score (nSPS) is 10.2. The highest BCUT2D eigenvalue weighted by atomic mass is 16.6. The summed E-state index contributed by atoms with van der Waals surface area (Å²) in [7, 11) is 0. The molecule has 0 atom stereocenters. The lowest BCUT2D eigenvalue weighted by molar-refractivity contribution is -0.169. The first-order valence-electron chi connectivity index (χ1n) is 13.2. The standard InChI is InChI=1S/C18H18O4.C17H12O3/c1-13-3-7-15(8-4-13)11-21-17(19)18(20)22-12-16-9-5-14(2)6-10-16;18-16-14-9-5-4-6-12(14)10-11-15(16)17(19)20-13-7-2-1-3-8-13/h3-10H,11-12H2,1-2H3;1-11,18H. The highest BCUT2D eigenvalue weighted by Gasteiger charge is 2.18. The summed E-state index contributed by atoms with van der Waals surface area (Å²) in [5.74, 6) is -2.13. The third-order valence-electron chi connectivity index (χ3n) is 6.22. The second kappa shape index (κ2) is 14.3. The number of hydrogen-bond donors (Lipinski definition) is 1. The number of aryl methyl sites for hydroxylation is 2. The van der Waals surface area contributed by atoms with Gasteiger partial charge in [-0.05, 0) is 48.6 Å². The molecule has 1 N–H and O–H groups in total. The van der Waals surface area contributed by atoms with E-state index in [9.17, 15) is 19.5 Å². The Morgan fingerprint density at radius 1 is 0.595 bits per heavy atom. The molecule has 0 heterocycles. The van der Waals surface area contributed by atoms with Gasteiger partial charge in [0.1, 0.15) is 30.3 Å². The molecule has 5 aromatic rings. The van der Waals surface area contributed by atoms with E-state index in [2.05, 4.69) is 0 Å². The van der Waals surface area contributed by atoms with Crippen LogP contribution in [0.15, 0.2) is 115 Å². The molecule has 0 unspecified atom stereocenters. The van der Waals surface area contributed by atoms with Crippen molar-refractivity contribution in [2.45, 2.75) is 27.1 Å². The summed E-state index contributed by atoms with van der Waals surface area (Å²) in [6, 6.07) is 34.5. The van der Waals surface area contributed by atoms with Crippen LogP contribution in [0, 0.1) is 13.8 Å². The highest BCUT2D eigenvalue weighted by molar-refractivity contribution is 6.29. The molecule has 0 radical (unpaired) electrons. The zero-order valence-corrected chi connectivity index (χ0v) is 23.3. The van der Waals surface area contributed by atoms with Crippen LogP contribution in [0.25, 0.3) is 10.8 Å². The Morgan fingerprint density at radius 2 is 1.10 bits per heavy atom. The SMILES string of the molecule is Cc1ccc(COC(=O)C(=O)OCc2ccc(C)cc2)cc1.O=C(Oc1ccccc1)c1ccc2ccccc2c1O. The van der Waals surface area contributed by atoms with E-state index in [0.717, 1.165) is 27.6 Å². The number of fused-ring (bicyclic) bond motifs is 1. The van der Waals surface area contributed by atoms with Crippen LogP contribution < -0.4 is 4.74 Å². The molecule has 5 rings (SSSR count). The van der Waals surface area contributed by atoms with Gasteiger partial charge >= 0.3 is 17.9 Å². The molecular weight excluding hydrogens is 532 g/mol. The highest BCUT2D eigenvalue weighted by Crippen LogP contribution is 2.29. The second-order valence-electron chi connectivity index (χ2n) is 9.51. The number of rotatable bonds is 6. The van der Waals surface area contributed by atoms with E-state index in [1.54, 1.807) is 42.5 Å². The molecule has 0 aliphatic rings. The molecule has 0 aliphatic heterocycles. The molecular formula is C35H30O7. The van der Waals surface area contributed by atoms with Gasteiger partial charge in [0.05, 0.1) is 0 Å². The fraction of sp³-hybridized carbons (Fsp3) is 0.114. The first-order valence-corrected chi connectivity index (χ1v) is 13.2. The lowest BCUT2D eigenvalue weighted by Gasteiger charge is -2.08. The Balaban J connectivity index is 0.000000193. The van der Waals surface area contributed by atoms with Crippen LogP contribution in [-0.2, 0) is 32.3 Å². The molecule has 5 aromatic carbocycles. The average Bonchev–Trinajstić information content (AvgIpc) is 3.01. The minimum Gasteiger partial charge on any atom is -0.506 e. The molecule has 7 nitrogen and oxygen atoms in total. The third-order valence-corrected chi connectivity index (χ3v) is 6.22. The van der Waals surface area contributed by atoms with Crippen molar-refractivity contribution in [2.24, 2.45) is 0 Å². The summed E-state index contributed by atoms with van der Waals surface area (Å²) in [5, 5.41) is 11.7. The molecule has 0 spiro atoms. The minimum atomic E-state index is -0.979. The van der Waals surface area contributed by atoms with Crippen LogP contribution in [0.3, 0.4) is 0 Å². The number of aromatic hydroxyl groups is 1. The Bertz CT molecular complexity index is 1600. The smallest absolute Gasteiger partial charge is 0.417 e. The van der Waals surface area contributed by atoms with Crippen molar-refractivity contribution >= 4 is 28.7 Å². The van der Waals surface area contributed by atoms with Gasteiger partial charge in [-0.2, -0.15) is 0 Å². The van der Waals surface area contributed by atoms with Gasteiger partial charge in [0.25, 0.3) is 0 Å². The molecule has 212 valence electrons. The van der Waals surface area contributed by atoms with E-state index < -0.39 is 17.9 Å². The van der Waals surface area contributed by atoms with E-state index in [1.165, 1.54) is 0 Å². The summed E-state index contributed by atoms with van der Waals surface area (Å²) < 4.78 is 15.1. The van der Waals surface area contributed by atoms with E-state index in [0.29, 0.717) is 11.1 Å². The number of ether oxygens (including phenoxy) is 3. The fourth-order valence-electron chi connectivity index (χ4n) is 3.85. The second-order valence-corrected chi connectivity index (χ2v) is 9.51. The lowest BCUT2D eigenvalue weighted by atomic mass is 10.1.